The normalized spacial score (nSPS) is 18.2. The smallest absolute Gasteiger partial charge is 0.410 e. The predicted molar refractivity (Wildman–Crippen MR) is 122 cm³/mol. The summed E-state index contributed by atoms with van der Waals surface area (Å²) in [6.07, 6.45) is -4.89. The maximum absolute atomic E-state index is 14.0. The Bertz CT molecular complexity index is 1290. The summed E-state index contributed by atoms with van der Waals surface area (Å²) in [6, 6.07) is 8.89. The van der Waals surface area contributed by atoms with Gasteiger partial charge in [0.15, 0.2) is 34.7 Å². The van der Waals surface area contributed by atoms with Gasteiger partial charge in [-0.05, 0) is 35.4 Å². The van der Waals surface area contributed by atoms with E-state index in [9.17, 15) is 18.0 Å². The van der Waals surface area contributed by atoms with Crippen LogP contribution in [0.4, 0.5) is 19.0 Å². The zero-order chi connectivity index (χ0) is 25.4. The number of carbonyl (C=O) groups is 1. The average molecular weight is 504 g/mol. The number of amides is 1. The highest BCUT2D eigenvalue weighted by Crippen LogP contribution is 2.44. The number of fused-ring (bicyclic) bond motifs is 2. The number of halogens is 3. The van der Waals surface area contributed by atoms with Crippen LogP contribution in [-0.2, 0) is 6.54 Å². The van der Waals surface area contributed by atoms with Crippen molar-refractivity contribution in [2.24, 2.45) is 0 Å². The molecule has 0 aliphatic carbocycles. The summed E-state index contributed by atoms with van der Waals surface area (Å²) < 4.78 is 63.9. The number of nitrogens with zero attached hydrogens (tertiary/aromatic N) is 2. The number of anilines is 1. The second-order valence-electron chi connectivity index (χ2n) is 8.33. The quantitative estimate of drug-likeness (QED) is 0.519. The molecular formula is C24H23F3N4O5. The Balaban J connectivity index is 1.37. The summed E-state index contributed by atoms with van der Waals surface area (Å²) in [5, 5.41) is 9.75. The molecule has 0 bridgehead atoms. The van der Waals surface area contributed by atoms with Crippen LogP contribution in [-0.4, -0.2) is 42.9 Å². The van der Waals surface area contributed by atoms with E-state index in [0.717, 1.165) is 10.2 Å². The summed E-state index contributed by atoms with van der Waals surface area (Å²) >= 11 is 0. The van der Waals surface area contributed by atoms with Crippen molar-refractivity contribution in [3.63, 3.8) is 0 Å². The minimum absolute atomic E-state index is 0.0941. The molecule has 0 radical (unpaired) electrons. The van der Waals surface area contributed by atoms with Crippen molar-refractivity contribution in [1.82, 2.24) is 15.1 Å². The van der Waals surface area contributed by atoms with Crippen molar-refractivity contribution in [2.45, 2.75) is 31.2 Å². The van der Waals surface area contributed by atoms with E-state index < -0.39 is 24.2 Å². The van der Waals surface area contributed by atoms with Gasteiger partial charge in [0.1, 0.15) is 5.82 Å². The molecule has 1 aromatic heterocycles. The van der Waals surface area contributed by atoms with Crippen molar-refractivity contribution in [3.05, 3.63) is 59.3 Å². The summed E-state index contributed by atoms with van der Waals surface area (Å²) in [4.78, 5) is 12.7. The highest BCUT2D eigenvalue weighted by atomic mass is 19.4. The number of aromatic nitrogens is 2. The molecule has 0 fully saturated rings. The van der Waals surface area contributed by atoms with Crippen molar-refractivity contribution >= 4 is 11.7 Å². The molecule has 2 aromatic carbocycles. The van der Waals surface area contributed by atoms with Crippen molar-refractivity contribution in [1.29, 1.82) is 0 Å². The second kappa shape index (κ2) is 9.17. The van der Waals surface area contributed by atoms with Crippen LogP contribution in [0.2, 0.25) is 0 Å². The third-order valence-electron chi connectivity index (χ3n) is 6.12. The van der Waals surface area contributed by atoms with Crippen LogP contribution in [0.3, 0.4) is 0 Å². The molecule has 1 amide bonds. The average Bonchev–Trinajstić information content (AvgIpc) is 3.52. The van der Waals surface area contributed by atoms with Crippen LogP contribution >= 0.6 is 0 Å². The molecule has 190 valence electrons. The standard InChI is InChI=1S/C24H23F3N4O5/c1-33-17-6-4-14(8-19(17)34-2)15-9-21(24(25,26)27)31-22(29-15)10-16(30-31)23(32)28-11-13-3-5-18-20(7-13)36-12-35-18/h3-8,10,15,21,29H,9,11-12H2,1-2H3,(H,28,32)/t15-,21-/m0/s1. The molecule has 0 saturated heterocycles. The van der Waals surface area contributed by atoms with Gasteiger partial charge in [-0.3, -0.25) is 4.79 Å². The number of hydrogen-bond acceptors (Lipinski definition) is 7. The van der Waals surface area contributed by atoms with Crippen LogP contribution < -0.4 is 29.6 Å². The number of nitrogens with one attached hydrogen (secondary N) is 2. The third kappa shape index (κ3) is 4.45. The van der Waals surface area contributed by atoms with Crippen LogP contribution in [0.25, 0.3) is 0 Å². The van der Waals surface area contributed by atoms with Gasteiger partial charge in [-0.2, -0.15) is 18.3 Å². The van der Waals surface area contributed by atoms with E-state index in [-0.39, 0.29) is 31.3 Å². The Kier molecular flexibility index (Phi) is 6.02. The highest BCUT2D eigenvalue weighted by Gasteiger charge is 2.47. The topological polar surface area (TPSA) is 95.9 Å². The maximum atomic E-state index is 14.0. The molecule has 0 saturated carbocycles. The van der Waals surface area contributed by atoms with Crippen LogP contribution in [0.15, 0.2) is 42.5 Å². The van der Waals surface area contributed by atoms with Gasteiger partial charge < -0.3 is 29.6 Å². The fourth-order valence-corrected chi connectivity index (χ4v) is 4.30. The number of methoxy groups -OCH3 is 2. The lowest BCUT2D eigenvalue weighted by atomic mass is 9.96. The molecule has 2 atom stereocenters. The van der Waals surface area contributed by atoms with Crippen molar-refractivity contribution in [2.75, 3.05) is 26.3 Å². The van der Waals surface area contributed by atoms with Crippen LogP contribution in [0, 0.1) is 0 Å². The number of ether oxygens (including phenoxy) is 4. The zero-order valence-corrected chi connectivity index (χ0v) is 19.4. The molecule has 2 N–H and O–H groups in total. The van der Waals surface area contributed by atoms with Gasteiger partial charge in [0.05, 0.1) is 20.3 Å². The monoisotopic (exact) mass is 504 g/mol. The molecule has 3 aromatic rings. The van der Waals surface area contributed by atoms with Gasteiger partial charge in [-0.1, -0.05) is 12.1 Å². The third-order valence-corrected chi connectivity index (χ3v) is 6.12. The molecule has 0 unspecified atom stereocenters. The SMILES string of the molecule is COc1ccc([C@@H]2C[C@@H](C(F)(F)F)n3nc(C(=O)NCc4ccc5c(c4)OCO5)cc3N2)cc1OC. The fourth-order valence-electron chi connectivity index (χ4n) is 4.30. The minimum atomic E-state index is -4.57. The lowest BCUT2D eigenvalue weighted by molar-refractivity contribution is -0.173. The molecular weight excluding hydrogens is 481 g/mol. The van der Waals surface area contributed by atoms with Gasteiger partial charge in [-0.25, -0.2) is 4.68 Å². The number of alkyl halides is 3. The van der Waals surface area contributed by atoms with Crippen molar-refractivity contribution < 1.29 is 36.9 Å². The number of carbonyl (C=O) groups excluding carboxylic acids is 1. The van der Waals surface area contributed by atoms with E-state index in [4.69, 9.17) is 18.9 Å². The molecule has 0 spiro atoms. The second-order valence-corrected chi connectivity index (χ2v) is 8.33. The molecule has 2 aliphatic heterocycles. The summed E-state index contributed by atoms with van der Waals surface area (Å²) in [5.74, 6) is 1.55. The Morgan fingerprint density at radius 3 is 2.64 bits per heavy atom. The first kappa shape index (κ1) is 23.6. The Morgan fingerprint density at radius 1 is 1.11 bits per heavy atom. The van der Waals surface area contributed by atoms with E-state index >= 15 is 0 Å². The molecule has 3 heterocycles. The van der Waals surface area contributed by atoms with Gasteiger partial charge in [-0.15, -0.1) is 0 Å². The predicted octanol–water partition coefficient (Wildman–Crippen LogP) is 4.22. The van der Waals surface area contributed by atoms with Gasteiger partial charge in [0, 0.05) is 19.0 Å². The molecule has 9 nitrogen and oxygen atoms in total. The number of hydrogen-bond donors (Lipinski definition) is 2. The van der Waals surface area contributed by atoms with E-state index in [1.165, 1.54) is 20.3 Å². The van der Waals surface area contributed by atoms with Crippen LogP contribution in [0.5, 0.6) is 23.0 Å². The largest absolute Gasteiger partial charge is 0.493 e. The number of rotatable bonds is 6. The molecule has 12 heteroatoms. The van der Waals surface area contributed by atoms with E-state index in [2.05, 4.69) is 15.7 Å². The first-order valence-electron chi connectivity index (χ1n) is 11.1. The van der Waals surface area contributed by atoms with E-state index in [1.54, 1.807) is 36.4 Å². The van der Waals surface area contributed by atoms with Gasteiger partial charge in [0.25, 0.3) is 5.91 Å². The van der Waals surface area contributed by atoms with Gasteiger partial charge in [0.2, 0.25) is 6.79 Å². The van der Waals surface area contributed by atoms with Gasteiger partial charge >= 0.3 is 6.18 Å². The Labute approximate surface area is 204 Å². The maximum Gasteiger partial charge on any atom is 0.410 e. The summed E-state index contributed by atoms with van der Waals surface area (Å²) in [5.41, 5.74) is 1.21. The summed E-state index contributed by atoms with van der Waals surface area (Å²) in [6.45, 7) is 0.269. The summed E-state index contributed by atoms with van der Waals surface area (Å²) in [7, 11) is 2.94. The minimum Gasteiger partial charge on any atom is -0.493 e. The lowest BCUT2D eigenvalue weighted by Crippen LogP contribution is -2.35. The van der Waals surface area contributed by atoms with Crippen molar-refractivity contribution in [3.8, 4) is 23.0 Å². The Morgan fingerprint density at radius 2 is 1.89 bits per heavy atom. The Hall–Kier alpha value is -4.09. The first-order chi connectivity index (χ1) is 17.3. The lowest BCUT2D eigenvalue weighted by Gasteiger charge is -2.33. The molecule has 5 rings (SSSR count). The van der Waals surface area contributed by atoms with Crippen LogP contribution in [0.1, 0.15) is 40.1 Å². The van der Waals surface area contributed by atoms with E-state index in [1.807, 2.05) is 0 Å². The molecule has 2 aliphatic rings. The van der Waals surface area contributed by atoms with E-state index in [0.29, 0.717) is 28.6 Å². The first-order valence-corrected chi connectivity index (χ1v) is 11.1. The highest BCUT2D eigenvalue weighted by molar-refractivity contribution is 5.93. The molecule has 36 heavy (non-hydrogen) atoms. The zero-order valence-electron chi connectivity index (χ0n) is 19.4. The number of benzene rings is 2. The fraction of sp³-hybridized carbons (Fsp3) is 0.333.